The zero-order valence-corrected chi connectivity index (χ0v) is 15.6. The second-order valence-corrected chi connectivity index (χ2v) is 6.83. The van der Waals surface area contributed by atoms with E-state index in [0.717, 1.165) is 10.9 Å². The van der Waals surface area contributed by atoms with Gasteiger partial charge in [0.05, 0.1) is 18.7 Å². The van der Waals surface area contributed by atoms with Gasteiger partial charge in [0.1, 0.15) is 11.6 Å². The number of benzene rings is 2. The third kappa shape index (κ3) is 4.60. The third-order valence-corrected chi connectivity index (χ3v) is 4.48. The minimum absolute atomic E-state index is 0.0783. The molecule has 0 aromatic heterocycles. The molecule has 1 heterocycles. The van der Waals surface area contributed by atoms with Crippen molar-refractivity contribution >= 4 is 39.1 Å². The molecule has 2 aromatic carbocycles. The first-order valence-corrected chi connectivity index (χ1v) is 9.10. The quantitative estimate of drug-likeness (QED) is 0.764. The van der Waals surface area contributed by atoms with Crippen LogP contribution in [0.3, 0.4) is 0 Å². The summed E-state index contributed by atoms with van der Waals surface area (Å²) in [5.41, 5.74) is 0.605. The molecular weight excluding hydrogens is 403 g/mol. The predicted octanol–water partition coefficient (Wildman–Crippen LogP) is 4.12. The van der Waals surface area contributed by atoms with E-state index in [4.69, 9.17) is 4.74 Å². The fraction of sp³-hybridized carbons (Fsp3) is 0.263. The van der Waals surface area contributed by atoms with E-state index in [0.29, 0.717) is 24.4 Å². The van der Waals surface area contributed by atoms with Gasteiger partial charge in [-0.15, -0.1) is 0 Å². The first-order valence-electron chi connectivity index (χ1n) is 8.31. The summed E-state index contributed by atoms with van der Waals surface area (Å²) in [5.74, 6) is -0.212. The van der Waals surface area contributed by atoms with Gasteiger partial charge >= 0.3 is 0 Å². The molecule has 0 unspecified atom stereocenters. The number of anilines is 2. The van der Waals surface area contributed by atoms with E-state index < -0.39 is 5.82 Å². The summed E-state index contributed by atoms with van der Waals surface area (Å²) in [4.78, 5) is 25.1. The molecule has 5 nitrogen and oxygen atoms in total. The molecule has 0 radical (unpaired) electrons. The van der Waals surface area contributed by atoms with Gasteiger partial charge in [0.15, 0.2) is 0 Å². The lowest BCUT2D eigenvalue weighted by Crippen LogP contribution is -2.24. The summed E-state index contributed by atoms with van der Waals surface area (Å²) in [6.45, 7) is 0.736. The highest BCUT2D eigenvalue weighted by Crippen LogP contribution is 2.27. The molecule has 3 rings (SSSR count). The highest BCUT2D eigenvalue weighted by molar-refractivity contribution is 9.10. The number of hydrogen-bond acceptors (Lipinski definition) is 3. The van der Waals surface area contributed by atoms with Gasteiger partial charge in [-0.3, -0.25) is 9.59 Å². The maximum absolute atomic E-state index is 14.3. The normalized spacial score (nSPS) is 13.8. The van der Waals surface area contributed by atoms with Crippen molar-refractivity contribution in [2.75, 3.05) is 23.4 Å². The van der Waals surface area contributed by atoms with Gasteiger partial charge in [-0.1, -0.05) is 22.0 Å². The minimum Gasteiger partial charge on any atom is -0.493 e. The molecule has 136 valence electrons. The molecule has 0 aliphatic carbocycles. The van der Waals surface area contributed by atoms with Crippen molar-refractivity contribution in [1.29, 1.82) is 0 Å². The smallest absolute Gasteiger partial charge is 0.227 e. The Labute approximate surface area is 159 Å². The Kier molecular flexibility index (Phi) is 5.88. The topological polar surface area (TPSA) is 58.6 Å². The summed E-state index contributed by atoms with van der Waals surface area (Å²) in [6, 6.07) is 11.7. The lowest BCUT2D eigenvalue weighted by Gasteiger charge is -2.17. The van der Waals surface area contributed by atoms with Gasteiger partial charge in [0.2, 0.25) is 11.8 Å². The van der Waals surface area contributed by atoms with E-state index in [-0.39, 0.29) is 30.5 Å². The second kappa shape index (κ2) is 8.31. The Hall–Kier alpha value is -2.41. The highest BCUT2D eigenvalue weighted by Gasteiger charge is 2.24. The van der Waals surface area contributed by atoms with Crippen LogP contribution in [0.1, 0.15) is 19.3 Å². The van der Waals surface area contributed by atoms with Crippen molar-refractivity contribution in [3.8, 4) is 5.75 Å². The highest BCUT2D eigenvalue weighted by atomic mass is 79.9. The Morgan fingerprint density at radius 1 is 1.27 bits per heavy atom. The van der Waals surface area contributed by atoms with Crippen molar-refractivity contribution in [2.24, 2.45) is 0 Å². The van der Waals surface area contributed by atoms with E-state index in [1.165, 1.54) is 17.0 Å². The Balaban J connectivity index is 1.52. The average molecular weight is 421 g/mol. The monoisotopic (exact) mass is 420 g/mol. The molecule has 2 amide bonds. The van der Waals surface area contributed by atoms with Gasteiger partial charge in [0.25, 0.3) is 0 Å². The van der Waals surface area contributed by atoms with Crippen LogP contribution in [-0.2, 0) is 9.59 Å². The number of ether oxygens (including phenoxy) is 1. The summed E-state index contributed by atoms with van der Waals surface area (Å²) in [5, 5.41) is 2.64. The van der Waals surface area contributed by atoms with Crippen LogP contribution >= 0.6 is 15.9 Å². The molecule has 0 spiro atoms. The number of halogens is 2. The second-order valence-electron chi connectivity index (χ2n) is 5.92. The van der Waals surface area contributed by atoms with Gasteiger partial charge in [-0.05, 0) is 42.8 Å². The minimum atomic E-state index is -0.525. The van der Waals surface area contributed by atoms with Crippen LogP contribution in [0.15, 0.2) is 46.9 Å². The van der Waals surface area contributed by atoms with Gasteiger partial charge in [-0.2, -0.15) is 0 Å². The number of nitrogens with zero attached hydrogens (tertiary/aromatic N) is 1. The third-order valence-electron chi connectivity index (χ3n) is 3.99. The van der Waals surface area contributed by atoms with E-state index in [2.05, 4.69) is 21.2 Å². The Morgan fingerprint density at radius 2 is 2.12 bits per heavy atom. The molecular formula is C19H18BrFN2O3. The predicted molar refractivity (Wildman–Crippen MR) is 101 cm³/mol. The molecule has 2 aromatic rings. The zero-order chi connectivity index (χ0) is 18.5. The molecule has 1 N–H and O–H groups in total. The molecule has 1 fully saturated rings. The van der Waals surface area contributed by atoms with Crippen LogP contribution in [0.5, 0.6) is 5.75 Å². The molecule has 1 aliphatic heterocycles. The van der Waals surface area contributed by atoms with Gasteiger partial charge in [0, 0.05) is 23.1 Å². The van der Waals surface area contributed by atoms with Crippen LogP contribution in [0.4, 0.5) is 15.8 Å². The van der Waals surface area contributed by atoms with Crippen LogP contribution < -0.4 is 15.0 Å². The number of amides is 2. The van der Waals surface area contributed by atoms with E-state index >= 15 is 0 Å². The fourth-order valence-electron chi connectivity index (χ4n) is 2.75. The molecule has 1 aliphatic rings. The average Bonchev–Trinajstić information content (AvgIpc) is 3.01. The number of hydrogen-bond donors (Lipinski definition) is 1. The fourth-order valence-corrected chi connectivity index (χ4v) is 3.13. The van der Waals surface area contributed by atoms with Gasteiger partial charge in [-0.25, -0.2) is 4.39 Å². The SMILES string of the molecule is O=C(CCOc1cccc(Br)c1)Nc1ccc(N2CCCC2=O)c(F)c1. The van der Waals surface area contributed by atoms with Crippen LogP contribution in [0.25, 0.3) is 0 Å². The molecule has 26 heavy (non-hydrogen) atoms. The van der Waals surface area contributed by atoms with Crippen molar-refractivity contribution in [3.63, 3.8) is 0 Å². The maximum atomic E-state index is 14.3. The van der Waals surface area contributed by atoms with Crippen LogP contribution in [0.2, 0.25) is 0 Å². The number of rotatable bonds is 6. The standard InChI is InChI=1S/C19H18BrFN2O3/c20-13-3-1-4-15(11-13)26-10-8-18(24)22-14-6-7-17(16(21)12-14)23-9-2-5-19(23)25/h1,3-4,6-7,11-12H,2,5,8-10H2,(H,22,24). The zero-order valence-electron chi connectivity index (χ0n) is 14.0. The molecule has 7 heteroatoms. The van der Waals surface area contributed by atoms with Crippen molar-refractivity contribution < 1.29 is 18.7 Å². The Morgan fingerprint density at radius 3 is 2.81 bits per heavy atom. The molecule has 0 bridgehead atoms. The largest absolute Gasteiger partial charge is 0.493 e. The van der Waals surface area contributed by atoms with Crippen molar-refractivity contribution in [3.05, 3.63) is 52.8 Å². The van der Waals surface area contributed by atoms with Crippen LogP contribution in [-0.4, -0.2) is 25.0 Å². The number of carbonyl (C=O) groups is 2. The van der Waals surface area contributed by atoms with E-state index in [1.54, 1.807) is 12.1 Å². The summed E-state index contributed by atoms with van der Waals surface area (Å²) < 4.78 is 20.7. The van der Waals surface area contributed by atoms with E-state index in [1.807, 2.05) is 18.2 Å². The maximum Gasteiger partial charge on any atom is 0.227 e. The van der Waals surface area contributed by atoms with E-state index in [9.17, 15) is 14.0 Å². The van der Waals surface area contributed by atoms with Crippen LogP contribution in [0, 0.1) is 5.82 Å². The molecule has 1 saturated heterocycles. The lowest BCUT2D eigenvalue weighted by molar-refractivity contribution is -0.117. The number of nitrogens with one attached hydrogen (secondary N) is 1. The number of carbonyl (C=O) groups excluding carboxylic acids is 2. The van der Waals surface area contributed by atoms with Crippen molar-refractivity contribution in [2.45, 2.75) is 19.3 Å². The lowest BCUT2D eigenvalue weighted by atomic mass is 10.2. The summed E-state index contributed by atoms with van der Waals surface area (Å²) in [7, 11) is 0. The van der Waals surface area contributed by atoms with Gasteiger partial charge < -0.3 is 15.0 Å². The molecule has 0 saturated carbocycles. The first kappa shape index (κ1) is 18.4. The summed E-state index contributed by atoms with van der Waals surface area (Å²) in [6.07, 6.45) is 1.31. The Bertz CT molecular complexity index is 828. The molecule has 0 atom stereocenters. The first-order chi connectivity index (χ1) is 12.5. The summed E-state index contributed by atoms with van der Waals surface area (Å²) >= 11 is 3.35. The van der Waals surface area contributed by atoms with Crippen molar-refractivity contribution in [1.82, 2.24) is 0 Å².